The zero-order chi connectivity index (χ0) is 14.2. The van der Waals surface area contributed by atoms with Crippen LogP contribution in [0.5, 0.6) is 0 Å². The summed E-state index contributed by atoms with van der Waals surface area (Å²) in [5.41, 5.74) is 1.85. The van der Waals surface area contributed by atoms with Gasteiger partial charge in [0, 0.05) is 17.0 Å². The summed E-state index contributed by atoms with van der Waals surface area (Å²) in [5, 5.41) is 3.36. The average molecular weight is 274 g/mol. The number of hydrogen-bond donors (Lipinski definition) is 0. The third-order valence-electron chi connectivity index (χ3n) is 3.60. The lowest BCUT2D eigenvalue weighted by atomic mass is 10.1. The minimum atomic E-state index is 0.266. The van der Waals surface area contributed by atoms with Crippen LogP contribution in [0.15, 0.2) is 64.5 Å². The standard InChI is InChI=1S/C16H10BFN3/c18-17-20-14-9-1-2-10-21-13-8-4-6-11-5-3-7-12(15(11)13)16(21)19-14/h1-10H/b9-1-,10-2-,19-16?,20-14-. The number of fused-ring (bicyclic) bond motifs is 3. The van der Waals surface area contributed by atoms with Crippen molar-refractivity contribution in [3.8, 4) is 0 Å². The summed E-state index contributed by atoms with van der Waals surface area (Å²) in [6, 6.07) is 12.3. The van der Waals surface area contributed by atoms with Gasteiger partial charge in [0.15, 0.2) is 0 Å². The molecule has 1 aliphatic rings. The van der Waals surface area contributed by atoms with E-state index in [2.05, 4.69) is 28.1 Å². The van der Waals surface area contributed by atoms with E-state index in [1.54, 1.807) is 12.2 Å². The summed E-state index contributed by atoms with van der Waals surface area (Å²) in [6.07, 6.45) is 7.33. The Bertz CT molecular complexity index is 977. The highest BCUT2D eigenvalue weighted by Crippen LogP contribution is 2.25. The van der Waals surface area contributed by atoms with Gasteiger partial charge >= 0.3 is 7.69 Å². The molecule has 0 aliphatic carbocycles. The fourth-order valence-corrected chi connectivity index (χ4v) is 2.76. The minimum absolute atomic E-state index is 0.266. The van der Waals surface area contributed by atoms with E-state index in [0.29, 0.717) is 5.84 Å². The second kappa shape index (κ2) is 4.70. The second-order valence-corrected chi connectivity index (χ2v) is 4.77. The molecular formula is C16H10BFN3. The van der Waals surface area contributed by atoms with Gasteiger partial charge in [0.05, 0.1) is 5.52 Å². The molecule has 2 heterocycles. The van der Waals surface area contributed by atoms with Gasteiger partial charge in [-0.3, -0.25) is 4.90 Å². The van der Waals surface area contributed by atoms with Gasteiger partial charge in [-0.05, 0) is 23.6 Å². The van der Waals surface area contributed by atoms with Gasteiger partial charge in [-0.2, -0.15) is 0 Å². The molecule has 0 fully saturated rings. The van der Waals surface area contributed by atoms with E-state index in [-0.39, 0.29) is 7.69 Å². The molecule has 1 radical (unpaired) electrons. The summed E-state index contributed by atoms with van der Waals surface area (Å²) < 4.78 is 14.4. The molecule has 0 saturated carbocycles. The molecule has 0 unspecified atom stereocenters. The summed E-state index contributed by atoms with van der Waals surface area (Å²) >= 11 is 0. The lowest BCUT2D eigenvalue weighted by Crippen LogP contribution is -2.15. The van der Waals surface area contributed by atoms with Crippen molar-refractivity contribution in [2.24, 2.45) is 9.90 Å². The van der Waals surface area contributed by atoms with E-state index < -0.39 is 0 Å². The summed E-state index contributed by atoms with van der Waals surface area (Å²) in [5.74, 6) is 0.339. The van der Waals surface area contributed by atoms with Crippen LogP contribution < -0.4 is 5.49 Å². The van der Waals surface area contributed by atoms with Crippen LogP contribution in [-0.4, -0.2) is 18.1 Å². The van der Waals surface area contributed by atoms with Crippen molar-refractivity contribution in [1.29, 1.82) is 0 Å². The Kier molecular flexibility index (Phi) is 2.70. The molecule has 4 rings (SSSR count). The Labute approximate surface area is 121 Å². The Morgan fingerprint density at radius 3 is 2.81 bits per heavy atom. The molecule has 0 bridgehead atoms. The topological polar surface area (TPSA) is 29.6 Å². The highest BCUT2D eigenvalue weighted by Gasteiger charge is 2.11. The van der Waals surface area contributed by atoms with Gasteiger partial charge in [0.25, 0.3) is 0 Å². The monoisotopic (exact) mass is 274 g/mol. The fourth-order valence-electron chi connectivity index (χ4n) is 2.76. The van der Waals surface area contributed by atoms with Crippen LogP contribution >= 0.6 is 0 Å². The average Bonchev–Trinajstić information content (AvgIpc) is 2.77. The van der Waals surface area contributed by atoms with Crippen molar-refractivity contribution in [2.45, 2.75) is 0 Å². The van der Waals surface area contributed by atoms with Gasteiger partial charge in [-0.25, -0.2) is 4.99 Å². The van der Waals surface area contributed by atoms with Gasteiger partial charge in [0.1, 0.15) is 11.3 Å². The number of rotatable bonds is 1. The first kappa shape index (κ1) is 12.1. The normalized spacial score (nSPS) is 19.0. The molecule has 99 valence electrons. The highest BCUT2D eigenvalue weighted by molar-refractivity contribution is 6.28. The number of nitrogens with zero attached hydrogens (tertiary/aromatic N) is 3. The van der Waals surface area contributed by atoms with E-state index in [0.717, 1.165) is 27.2 Å². The SMILES string of the molecule is F[B]/N=C1/C=C\C=C/n2c(c3cccc4cccc2c43)=N1. The first-order valence-corrected chi connectivity index (χ1v) is 6.63. The van der Waals surface area contributed by atoms with Crippen LogP contribution in [0.4, 0.5) is 4.32 Å². The number of benzene rings is 2. The van der Waals surface area contributed by atoms with Crippen molar-refractivity contribution in [1.82, 2.24) is 4.57 Å². The Hall–Kier alpha value is -2.69. The van der Waals surface area contributed by atoms with Crippen LogP contribution in [0.2, 0.25) is 0 Å². The van der Waals surface area contributed by atoms with Crippen LogP contribution in [0.1, 0.15) is 0 Å². The van der Waals surface area contributed by atoms with Crippen molar-refractivity contribution in [3.63, 3.8) is 0 Å². The quantitative estimate of drug-likeness (QED) is 0.610. The van der Waals surface area contributed by atoms with E-state index in [1.165, 1.54) is 0 Å². The van der Waals surface area contributed by atoms with Gasteiger partial charge < -0.3 is 8.88 Å². The third kappa shape index (κ3) is 1.81. The maximum absolute atomic E-state index is 12.4. The van der Waals surface area contributed by atoms with E-state index in [1.807, 2.05) is 35.0 Å². The summed E-state index contributed by atoms with van der Waals surface area (Å²) in [6.45, 7) is 0. The zero-order valence-corrected chi connectivity index (χ0v) is 11.1. The number of aromatic nitrogens is 1. The minimum Gasteiger partial charge on any atom is -0.304 e. The molecule has 2 aromatic carbocycles. The van der Waals surface area contributed by atoms with Crippen molar-refractivity contribution < 1.29 is 4.32 Å². The predicted molar refractivity (Wildman–Crippen MR) is 85.0 cm³/mol. The lowest BCUT2D eigenvalue weighted by Gasteiger charge is -2.00. The first-order chi connectivity index (χ1) is 10.4. The summed E-state index contributed by atoms with van der Waals surface area (Å²) in [7, 11) is 0.266. The molecule has 0 atom stereocenters. The Balaban J connectivity index is 2.22. The Morgan fingerprint density at radius 2 is 1.95 bits per heavy atom. The van der Waals surface area contributed by atoms with Crippen molar-refractivity contribution in [3.05, 3.63) is 60.1 Å². The molecule has 3 nitrogen and oxygen atoms in total. The van der Waals surface area contributed by atoms with Crippen LogP contribution in [0.25, 0.3) is 27.9 Å². The fraction of sp³-hybridized carbons (Fsp3) is 0. The molecular weight excluding hydrogens is 264 g/mol. The van der Waals surface area contributed by atoms with Crippen molar-refractivity contribution >= 4 is 41.4 Å². The maximum Gasteiger partial charge on any atom is 0.511 e. The number of halogens is 1. The van der Waals surface area contributed by atoms with Gasteiger partial charge in [-0.1, -0.05) is 36.4 Å². The number of amidine groups is 1. The van der Waals surface area contributed by atoms with Crippen LogP contribution in [0.3, 0.4) is 0 Å². The first-order valence-electron chi connectivity index (χ1n) is 6.63. The maximum atomic E-state index is 12.4. The van der Waals surface area contributed by atoms with Crippen LogP contribution in [-0.2, 0) is 0 Å². The van der Waals surface area contributed by atoms with Gasteiger partial charge in [0.2, 0.25) is 0 Å². The van der Waals surface area contributed by atoms with E-state index >= 15 is 0 Å². The van der Waals surface area contributed by atoms with E-state index in [4.69, 9.17) is 0 Å². The van der Waals surface area contributed by atoms with Crippen molar-refractivity contribution in [2.75, 3.05) is 0 Å². The molecule has 3 aromatic rings. The molecule has 1 aliphatic heterocycles. The smallest absolute Gasteiger partial charge is 0.304 e. The molecule has 21 heavy (non-hydrogen) atoms. The molecule has 0 amide bonds. The molecule has 1 aromatic heterocycles. The van der Waals surface area contributed by atoms with Gasteiger partial charge in [-0.15, -0.1) is 0 Å². The molecule has 0 saturated heterocycles. The predicted octanol–water partition coefficient (Wildman–Crippen LogP) is 3.08. The highest BCUT2D eigenvalue weighted by atomic mass is 19.1. The summed E-state index contributed by atoms with van der Waals surface area (Å²) in [4.78, 5) is 8.17. The third-order valence-corrected chi connectivity index (χ3v) is 3.60. The number of allylic oxidation sites excluding steroid dienone is 2. The second-order valence-electron chi connectivity index (χ2n) is 4.77. The van der Waals surface area contributed by atoms with Crippen LogP contribution in [0, 0.1) is 0 Å². The lowest BCUT2D eigenvalue weighted by molar-refractivity contribution is 0.868. The zero-order valence-electron chi connectivity index (χ0n) is 11.1. The van der Waals surface area contributed by atoms with E-state index in [9.17, 15) is 4.32 Å². The molecule has 5 heteroatoms. The number of hydrogen-bond acceptors (Lipinski definition) is 1. The largest absolute Gasteiger partial charge is 0.511 e. The molecule has 0 N–H and O–H groups in total. The Morgan fingerprint density at radius 1 is 1.10 bits per heavy atom. The molecule has 0 spiro atoms.